The minimum atomic E-state index is 0.0683. The third kappa shape index (κ3) is 3.05. The van der Waals surface area contributed by atoms with E-state index in [0.29, 0.717) is 12.1 Å². The Morgan fingerprint density at radius 1 is 1.35 bits per heavy atom. The van der Waals surface area contributed by atoms with E-state index in [1.54, 1.807) is 0 Å². The summed E-state index contributed by atoms with van der Waals surface area (Å²) in [6.45, 7) is 5.38. The number of rotatable bonds is 3. The standard InChI is InChI=1S/C17H25NOS/c1-3-17(2)12-13(8-10-19-17)18-15-9-11-20-16-7-5-4-6-14(15)16/h4-7,13,15,18H,3,8-12H2,1-2H3. The summed E-state index contributed by atoms with van der Waals surface area (Å²) >= 11 is 1.99. The minimum absolute atomic E-state index is 0.0683. The maximum Gasteiger partial charge on any atom is 0.0666 e. The lowest BCUT2D eigenvalue weighted by Gasteiger charge is -2.40. The molecule has 20 heavy (non-hydrogen) atoms. The fourth-order valence-electron chi connectivity index (χ4n) is 3.32. The van der Waals surface area contributed by atoms with Gasteiger partial charge in [0.2, 0.25) is 0 Å². The van der Waals surface area contributed by atoms with E-state index >= 15 is 0 Å². The average molecular weight is 291 g/mol. The van der Waals surface area contributed by atoms with Gasteiger partial charge in [0.1, 0.15) is 0 Å². The van der Waals surface area contributed by atoms with Crippen LogP contribution in [-0.4, -0.2) is 24.0 Å². The highest BCUT2D eigenvalue weighted by Gasteiger charge is 2.33. The third-order valence-corrected chi connectivity index (χ3v) is 5.86. The van der Waals surface area contributed by atoms with Gasteiger partial charge in [0.25, 0.3) is 0 Å². The molecule has 2 nitrogen and oxygen atoms in total. The van der Waals surface area contributed by atoms with Gasteiger partial charge in [-0.1, -0.05) is 25.1 Å². The van der Waals surface area contributed by atoms with Gasteiger partial charge in [0.05, 0.1) is 5.60 Å². The number of benzene rings is 1. The molecule has 3 rings (SSSR count). The van der Waals surface area contributed by atoms with Gasteiger partial charge >= 0.3 is 0 Å². The highest BCUT2D eigenvalue weighted by atomic mass is 32.2. The Kier molecular flexibility index (Phi) is 4.39. The first kappa shape index (κ1) is 14.4. The van der Waals surface area contributed by atoms with Crippen LogP contribution < -0.4 is 5.32 Å². The number of fused-ring (bicyclic) bond motifs is 1. The number of hydrogen-bond acceptors (Lipinski definition) is 3. The Bertz CT molecular complexity index is 464. The normalized spacial score (nSPS) is 33.7. The lowest BCUT2D eigenvalue weighted by molar-refractivity contribution is -0.0792. The van der Waals surface area contributed by atoms with Crippen molar-refractivity contribution in [3.8, 4) is 0 Å². The summed E-state index contributed by atoms with van der Waals surface area (Å²) < 4.78 is 5.96. The molecule has 0 aromatic heterocycles. The SMILES string of the molecule is CCC1(C)CC(NC2CCSc3ccccc32)CCO1. The minimum Gasteiger partial charge on any atom is -0.375 e. The molecule has 1 saturated heterocycles. The molecule has 0 aliphatic carbocycles. The first-order valence-corrected chi connectivity index (χ1v) is 8.80. The van der Waals surface area contributed by atoms with Crippen molar-refractivity contribution in [1.82, 2.24) is 5.32 Å². The molecule has 2 aliphatic heterocycles. The third-order valence-electron chi connectivity index (χ3n) is 4.74. The van der Waals surface area contributed by atoms with E-state index in [4.69, 9.17) is 4.74 Å². The van der Waals surface area contributed by atoms with Crippen molar-refractivity contribution in [3.63, 3.8) is 0 Å². The molecule has 0 spiro atoms. The topological polar surface area (TPSA) is 21.3 Å². The number of thioether (sulfide) groups is 1. The molecule has 2 heterocycles. The predicted molar refractivity (Wildman–Crippen MR) is 85.3 cm³/mol. The largest absolute Gasteiger partial charge is 0.375 e. The van der Waals surface area contributed by atoms with Crippen LogP contribution in [0.25, 0.3) is 0 Å². The lowest BCUT2D eigenvalue weighted by Crippen LogP contribution is -2.46. The van der Waals surface area contributed by atoms with Crippen molar-refractivity contribution >= 4 is 11.8 Å². The quantitative estimate of drug-likeness (QED) is 0.903. The van der Waals surface area contributed by atoms with Crippen molar-refractivity contribution < 1.29 is 4.74 Å². The van der Waals surface area contributed by atoms with Gasteiger partial charge in [-0.2, -0.15) is 0 Å². The second-order valence-electron chi connectivity index (χ2n) is 6.24. The van der Waals surface area contributed by atoms with E-state index < -0.39 is 0 Å². The van der Waals surface area contributed by atoms with Crippen LogP contribution in [0.5, 0.6) is 0 Å². The zero-order chi connectivity index (χ0) is 14.0. The first-order chi connectivity index (χ1) is 9.70. The molecule has 0 saturated carbocycles. The van der Waals surface area contributed by atoms with Gasteiger partial charge in [-0.3, -0.25) is 0 Å². The van der Waals surface area contributed by atoms with Crippen LogP contribution in [0.15, 0.2) is 29.2 Å². The average Bonchev–Trinajstić information content (AvgIpc) is 2.48. The van der Waals surface area contributed by atoms with Gasteiger partial charge in [0.15, 0.2) is 0 Å². The van der Waals surface area contributed by atoms with E-state index in [9.17, 15) is 0 Å². The van der Waals surface area contributed by atoms with E-state index in [0.717, 1.165) is 25.9 Å². The van der Waals surface area contributed by atoms with Gasteiger partial charge in [-0.05, 0) is 50.0 Å². The van der Waals surface area contributed by atoms with Gasteiger partial charge in [-0.25, -0.2) is 0 Å². The summed E-state index contributed by atoms with van der Waals surface area (Å²) in [5, 5.41) is 3.91. The summed E-state index contributed by atoms with van der Waals surface area (Å²) in [6.07, 6.45) is 4.61. The molecule has 0 amide bonds. The van der Waals surface area contributed by atoms with E-state index in [1.165, 1.54) is 22.6 Å². The molecule has 3 atom stereocenters. The summed E-state index contributed by atoms with van der Waals surface area (Å²) in [7, 11) is 0. The molecular weight excluding hydrogens is 266 g/mol. The fourth-order valence-corrected chi connectivity index (χ4v) is 4.44. The lowest BCUT2D eigenvalue weighted by atomic mass is 9.89. The van der Waals surface area contributed by atoms with Gasteiger partial charge < -0.3 is 10.1 Å². The van der Waals surface area contributed by atoms with Crippen molar-refractivity contribution in [2.45, 2.75) is 62.1 Å². The Labute approximate surface area is 126 Å². The molecule has 1 N–H and O–H groups in total. The van der Waals surface area contributed by atoms with Crippen LogP contribution in [0.1, 0.15) is 51.1 Å². The molecule has 0 radical (unpaired) electrons. The zero-order valence-corrected chi connectivity index (χ0v) is 13.3. The molecule has 3 heteroatoms. The maximum absolute atomic E-state index is 5.96. The van der Waals surface area contributed by atoms with Crippen LogP contribution >= 0.6 is 11.8 Å². The van der Waals surface area contributed by atoms with Crippen molar-refractivity contribution in [2.24, 2.45) is 0 Å². The van der Waals surface area contributed by atoms with E-state index in [2.05, 4.69) is 43.4 Å². The number of nitrogens with one attached hydrogen (secondary N) is 1. The molecule has 1 aromatic carbocycles. The van der Waals surface area contributed by atoms with Gasteiger partial charge in [0, 0.05) is 23.6 Å². The second kappa shape index (κ2) is 6.08. The summed E-state index contributed by atoms with van der Waals surface area (Å²) in [5.74, 6) is 1.23. The molecular formula is C17H25NOS. The van der Waals surface area contributed by atoms with Crippen LogP contribution in [0, 0.1) is 0 Å². The van der Waals surface area contributed by atoms with Crippen LogP contribution in [0.4, 0.5) is 0 Å². The van der Waals surface area contributed by atoms with Crippen molar-refractivity contribution in [1.29, 1.82) is 0 Å². The predicted octanol–water partition coefficient (Wildman–Crippen LogP) is 4.16. The van der Waals surface area contributed by atoms with Gasteiger partial charge in [-0.15, -0.1) is 11.8 Å². The number of hydrogen-bond donors (Lipinski definition) is 1. The number of ether oxygens (including phenoxy) is 1. The van der Waals surface area contributed by atoms with Crippen molar-refractivity contribution in [2.75, 3.05) is 12.4 Å². The molecule has 1 aromatic rings. The fraction of sp³-hybridized carbons (Fsp3) is 0.647. The summed E-state index contributed by atoms with van der Waals surface area (Å²) in [4.78, 5) is 1.46. The Balaban J connectivity index is 1.70. The Morgan fingerprint density at radius 2 is 2.20 bits per heavy atom. The molecule has 1 fully saturated rings. The highest BCUT2D eigenvalue weighted by molar-refractivity contribution is 7.99. The molecule has 2 aliphatic rings. The highest BCUT2D eigenvalue weighted by Crippen LogP contribution is 2.37. The van der Waals surface area contributed by atoms with Crippen LogP contribution in [0.2, 0.25) is 0 Å². The Morgan fingerprint density at radius 3 is 3.05 bits per heavy atom. The van der Waals surface area contributed by atoms with E-state index in [1.807, 2.05) is 11.8 Å². The Hall–Kier alpha value is -0.510. The molecule has 3 unspecified atom stereocenters. The van der Waals surface area contributed by atoms with E-state index in [-0.39, 0.29) is 5.60 Å². The second-order valence-corrected chi connectivity index (χ2v) is 7.37. The summed E-state index contributed by atoms with van der Waals surface area (Å²) in [5.41, 5.74) is 1.56. The van der Waals surface area contributed by atoms with Crippen LogP contribution in [0.3, 0.4) is 0 Å². The smallest absolute Gasteiger partial charge is 0.0666 e. The summed E-state index contributed by atoms with van der Waals surface area (Å²) in [6, 6.07) is 9.98. The first-order valence-electron chi connectivity index (χ1n) is 7.82. The molecule has 110 valence electrons. The van der Waals surface area contributed by atoms with Crippen LogP contribution in [-0.2, 0) is 4.74 Å². The maximum atomic E-state index is 5.96. The van der Waals surface area contributed by atoms with Crippen molar-refractivity contribution in [3.05, 3.63) is 29.8 Å². The molecule has 0 bridgehead atoms. The monoisotopic (exact) mass is 291 g/mol. The zero-order valence-electron chi connectivity index (χ0n) is 12.5.